The third-order valence-electron chi connectivity index (χ3n) is 2.15. The summed E-state index contributed by atoms with van der Waals surface area (Å²) in [6.07, 6.45) is -2.48. The monoisotopic (exact) mass is 277 g/mol. The quantitative estimate of drug-likeness (QED) is 0.614. The highest BCUT2D eigenvalue weighted by atomic mass is 35.5. The second-order valence-corrected chi connectivity index (χ2v) is 3.82. The van der Waals surface area contributed by atoms with Gasteiger partial charge in [-0.25, -0.2) is 8.78 Å². The summed E-state index contributed by atoms with van der Waals surface area (Å²) in [6.45, 7) is -0.676. The summed E-state index contributed by atoms with van der Waals surface area (Å²) in [7, 11) is 0. The Morgan fingerprint density at radius 2 is 2.11 bits per heavy atom. The first-order valence-electron chi connectivity index (χ1n) is 5.43. The molecule has 0 bridgehead atoms. The first-order chi connectivity index (χ1) is 8.63. The number of hydrogen-bond acceptors (Lipinski definition) is 2. The van der Waals surface area contributed by atoms with Gasteiger partial charge in [-0.2, -0.15) is 0 Å². The molecule has 0 heterocycles. The molecule has 3 nitrogen and oxygen atoms in total. The number of amides is 1. The van der Waals surface area contributed by atoms with Crippen molar-refractivity contribution in [3.05, 3.63) is 29.8 Å². The SMILES string of the molecule is O=C(CCOCC(F)F)Nc1ccccc1CCl. The lowest BCUT2D eigenvalue weighted by Crippen LogP contribution is -2.16. The number of halogens is 3. The maximum Gasteiger partial charge on any atom is 0.261 e. The van der Waals surface area contributed by atoms with Gasteiger partial charge in [0.2, 0.25) is 5.91 Å². The molecule has 0 aliphatic heterocycles. The van der Waals surface area contributed by atoms with Crippen molar-refractivity contribution in [2.45, 2.75) is 18.7 Å². The number of alkyl halides is 3. The molecule has 0 saturated heterocycles. The van der Waals surface area contributed by atoms with Crippen LogP contribution in [0.2, 0.25) is 0 Å². The van der Waals surface area contributed by atoms with E-state index in [4.69, 9.17) is 11.6 Å². The van der Waals surface area contributed by atoms with E-state index in [9.17, 15) is 13.6 Å². The largest absolute Gasteiger partial charge is 0.375 e. The number of anilines is 1. The zero-order valence-corrected chi connectivity index (χ0v) is 10.4. The highest BCUT2D eigenvalue weighted by molar-refractivity contribution is 6.17. The minimum absolute atomic E-state index is 0.0286. The van der Waals surface area contributed by atoms with E-state index in [2.05, 4.69) is 10.1 Å². The zero-order valence-electron chi connectivity index (χ0n) is 9.67. The van der Waals surface area contributed by atoms with Crippen LogP contribution >= 0.6 is 11.6 Å². The molecule has 100 valence electrons. The van der Waals surface area contributed by atoms with Crippen LogP contribution in [0.25, 0.3) is 0 Å². The Balaban J connectivity index is 2.35. The van der Waals surface area contributed by atoms with Crippen molar-refractivity contribution in [3.8, 4) is 0 Å². The molecule has 0 aliphatic rings. The summed E-state index contributed by atoms with van der Waals surface area (Å²) < 4.78 is 28.2. The molecule has 1 aromatic rings. The van der Waals surface area contributed by atoms with Crippen LogP contribution in [-0.2, 0) is 15.4 Å². The second-order valence-electron chi connectivity index (χ2n) is 3.55. The van der Waals surface area contributed by atoms with Gasteiger partial charge in [-0.05, 0) is 11.6 Å². The first kappa shape index (κ1) is 14.9. The van der Waals surface area contributed by atoms with Crippen molar-refractivity contribution in [1.82, 2.24) is 0 Å². The summed E-state index contributed by atoms with van der Waals surface area (Å²) in [5, 5.41) is 2.66. The van der Waals surface area contributed by atoms with E-state index in [1.54, 1.807) is 18.2 Å². The maximum absolute atomic E-state index is 11.8. The van der Waals surface area contributed by atoms with Crippen LogP contribution in [0.5, 0.6) is 0 Å². The Morgan fingerprint density at radius 3 is 2.78 bits per heavy atom. The fraction of sp³-hybridized carbons (Fsp3) is 0.417. The summed E-state index contributed by atoms with van der Waals surface area (Å²) >= 11 is 5.72. The Bertz CT molecular complexity index is 388. The highest BCUT2D eigenvalue weighted by Crippen LogP contribution is 2.17. The van der Waals surface area contributed by atoms with E-state index in [1.807, 2.05) is 6.07 Å². The van der Waals surface area contributed by atoms with Gasteiger partial charge in [0.1, 0.15) is 6.61 Å². The van der Waals surface area contributed by atoms with Crippen molar-refractivity contribution in [2.24, 2.45) is 0 Å². The Labute approximate surface area is 109 Å². The molecule has 0 aromatic heterocycles. The molecular weight excluding hydrogens is 264 g/mol. The second kappa shape index (κ2) is 8.00. The van der Waals surface area contributed by atoms with Gasteiger partial charge in [0.25, 0.3) is 6.43 Å². The van der Waals surface area contributed by atoms with Crippen LogP contribution in [-0.4, -0.2) is 25.5 Å². The lowest BCUT2D eigenvalue weighted by Gasteiger charge is -2.09. The predicted molar refractivity (Wildman–Crippen MR) is 66.1 cm³/mol. The van der Waals surface area contributed by atoms with E-state index < -0.39 is 13.0 Å². The molecule has 1 N–H and O–H groups in total. The van der Waals surface area contributed by atoms with Crippen LogP contribution < -0.4 is 5.32 Å². The van der Waals surface area contributed by atoms with Crippen molar-refractivity contribution in [2.75, 3.05) is 18.5 Å². The van der Waals surface area contributed by atoms with E-state index in [0.29, 0.717) is 11.6 Å². The Hall–Kier alpha value is -1.20. The van der Waals surface area contributed by atoms with Crippen LogP contribution in [0.1, 0.15) is 12.0 Å². The molecule has 1 rings (SSSR count). The number of carbonyl (C=O) groups is 1. The van der Waals surface area contributed by atoms with Crippen LogP contribution in [0.15, 0.2) is 24.3 Å². The van der Waals surface area contributed by atoms with Gasteiger partial charge in [0.15, 0.2) is 0 Å². The minimum Gasteiger partial charge on any atom is -0.375 e. The fourth-order valence-electron chi connectivity index (χ4n) is 1.31. The molecule has 0 aliphatic carbocycles. The molecule has 6 heteroatoms. The number of nitrogens with one attached hydrogen (secondary N) is 1. The summed E-state index contributed by atoms with van der Waals surface area (Å²) in [6, 6.07) is 7.13. The normalized spacial score (nSPS) is 10.7. The molecule has 1 amide bonds. The van der Waals surface area contributed by atoms with Crippen molar-refractivity contribution < 1.29 is 18.3 Å². The average Bonchev–Trinajstić information content (AvgIpc) is 2.35. The van der Waals surface area contributed by atoms with E-state index >= 15 is 0 Å². The van der Waals surface area contributed by atoms with Gasteiger partial charge in [-0.1, -0.05) is 18.2 Å². The summed E-state index contributed by atoms with van der Waals surface area (Å²) in [4.78, 5) is 11.5. The Morgan fingerprint density at radius 1 is 1.39 bits per heavy atom. The van der Waals surface area contributed by atoms with E-state index in [0.717, 1.165) is 5.56 Å². The maximum atomic E-state index is 11.8. The lowest BCUT2D eigenvalue weighted by molar-refractivity contribution is -0.117. The van der Waals surface area contributed by atoms with Gasteiger partial charge in [-0.15, -0.1) is 11.6 Å². The lowest BCUT2D eigenvalue weighted by atomic mass is 10.2. The number of benzene rings is 1. The van der Waals surface area contributed by atoms with Crippen LogP contribution in [0.3, 0.4) is 0 Å². The van der Waals surface area contributed by atoms with E-state index in [-0.39, 0.29) is 18.9 Å². The van der Waals surface area contributed by atoms with E-state index in [1.165, 1.54) is 0 Å². The predicted octanol–water partition coefficient (Wildman–Crippen LogP) is 3.04. The molecule has 0 unspecified atom stereocenters. The van der Waals surface area contributed by atoms with Gasteiger partial charge >= 0.3 is 0 Å². The molecule has 0 spiro atoms. The van der Waals surface area contributed by atoms with Crippen molar-refractivity contribution >= 4 is 23.2 Å². The summed E-state index contributed by atoms with van der Waals surface area (Å²) in [5.74, 6) is 0.0000462. The van der Waals surface area contributed by atoms with Crippen LogP contribution in [0.4, 0.5) is 14.5 Å². The fourth-order valence-corrected chi connectivity index (χ4v) is 1.54. The molecule has 0 saturated carbocycles. The van der Waals surface area contributed by atoms with Crippen LogP contribution in [0, 0.1) is 0 Å². The smallest absolute Gasteiger partial charge is 0.261 e. The van der Waals surface area contributed by atoms with Gasteiger partial charge < -0.3 is 10.1 Å². The first-order valence-corrected chi connectivity index (χ1v) is 5.96. The molecule has 1 aromatic carbocycles. The molecule has 0 radical (unpaired) electrons. The molecule has 0 fully saturated rings. The number of hydrogen-bond donors (Lipinski definition) is 1. The van der Waals surface area contributed by atoms with Gasteiger partial charge in [0, 0.05) is 11.6 Å². The van der Waals surface area contributed by atoms with Gasteiger partial charge in [0.05, 0.1) is 13.0 Å². The number of ether oxygens (including phenoxy) is 1. The number of carbonyl (C=O) groups excluding carboxylic acids is 1. The van der Waals surface area contributed by atoms with Crippen molar-refractivity contribution in [3.63, 3.8) is 0 Å². The highest BCUT2D eigenvalue weighted by Gasteiger charge is 2.07. The molecular formula is C12H14ClF2NO2. The number of rotatable bonds is 7. The minimum atomic E-state index is -2.51. The topological polar surface area (TPSA) is 38.3 Å². The zero-order chi connectivity index (χ0) is 13.4. The van der Waals surface area contributed by atoms with Gasteiger partial charge in [-0.3, -0.25) is 4.79 Å². The third-order valence-corrected chi connectivity index (χ3v) is 2.44. The molecule has 18 heavy (non-hydrogen) atoms. The Kier molecular flexibility index (Phi) is 6.60. The number of para-hydroxylation sites is 1. The standard InChI is InChI=1S/C12H14ClF2NO2/c13-7-9-3-1-2-4-10(9)16-12(17)5-6-18-8-11(14)15/h1-4,11H,5-8H2,(H,16,17). The molecule has 0 atom stereocenters. The summed E-state index contributed by atoms with van der Waals surface area (Å²) in [5.41, 5.74) is 1.44. The van der Waals surface area contributed by atoms with Crippen molar-refractivity contribution in [1.29, 1.82) is 0 Å². The third kappa shape index (κ3) is 5.42. The average molecular weight is 278 g/mol.